The van der Waals surface area contributed by atoms with E-state index in [1.807, 2.05) is 11.8 Å². The molecule has 1 aliphatic heterocycles. The van der Waals surface area contributed by atoms with Crippen molar-refractivity contribution in [2.24, 2.45) is 5.73 Å². The van der Waals surface area contributed by atoms with Gasteiger partial charge in [0.2, 0.25) is 0 Å². The van der Waals surface area contributed by atoms with Gasteiger partial charge in [0.15, 0.2) is 0 Å². The first-order valence-corrected chi connectivity index (χ1v) is 5.86. The number of carbonyl (C=O) groups excluding carboxylic acids is 1. The SMILES string of the molecule is Cc1ccc(CN2CCOC(CN)C2=O)cc1. The maximum Gasteiger partial charge on any atom is 0.253 e. The zero-order valence-corrected chi connectivity index (χ0v) is 10.1. The Morgan fingerprint density at radius 1 is 1.41 bits per heavy atom. The van der Waals surface area contributed by atoms with Crippen LogP contribution in [0.15, 0.2) is 24.3 Å². The number of nitrogens with zero attached hydrogens (tertiary/aromatic N) is 1. The second-order valence-electron chi connectivity index (χ2n) is 4.34. The van der Waals surface area contributed by atoms with E-state index in [1.165, 1.54) is 5.56 Å². The van der Waals surface area contributed by atoms with Gasteiger partial charge in [0.1, 0.15) is 6.10 Å². The summed E-state index contributed by atoms with van der Waals surface area (Å²) in [5.74, 6) is -0.000625. The third-order valence-electron chi connectivity index (χ3n) is 2.98. The van der Waals surface area contributed by atoms with E-state index >= 15 is 0 Å². The number of benzene rings is 1. The summed E-state index contributed by atoms with van der Waals surface area (Å²) in [6.45, 7) is 4.15. The molecule has 1 fully saturated rings. The topological polar surface area (TPSA) is 55.6 Å². The number of carbonyl (C=O) groups is 1. The first-order chi connectivity index (χ1) is 8.20. The van der Waals surface area contributed by atoms with Crippen molar-refractivity contribution in [2.75, 3.05) is 19.7 Å². The molecule has 1 aromatic rings. The Kier molecular flexibility index (Phi) is 3.76. The fourth-order valence-corrected chi connectivity index (χ4v) is 1.93. The third-order valence-corrected chi connectivity index (χ3v) is 2.98. The Morgan fingerprint density at radius 3 is 2.76 bits per heavy atom. The van der Waals surface area contributed by atoms with Gasteiger partial charge in [-0.2, -0.15) is 0 Å². The van der Waals surface area contributed by atoms with Crippen molar-refractivity contribution in [3.05, 3.63) is 35.4 Å². The van der Waals surface area contributed by atoms with E-state index in [-0.39, 0.29) is 12.5 Å². The number of aryl methyl sites for hydroxylation is 1. The molecule has 0 radical (unpaired) electrons. The molecular weight excluding hydrogens is 216 g/mol. The number of ether oxygens (including phenoxy) is 1. The summed E-state index contributed by atoms with van der Waals surface area (Å²) in [7, 11) is 0. The predicted molar refractivity (Wildman–Crippen MR) is 65.4 cm³/mol. The molecule has 1 aromatic carbocycles. The summed E-state index contributed by atoms with van der Waals surface area (Å²) in [5, 5.41) is 0. The summed E-state index contributed by atoms with van der Waals surface area (Å²) in [6, 6.07) is 8.21. The van der Waals surface area contributed by atoms with Crippen LogP contribution in [-0.2, 0) is 16.1 Å². The quantitative estimate of drug-likeness (QED) is 0.836. The number of rotatable bonds is 3. The Balaban J connectivity index is 2.02. The molecule has 2 rings (SSSR count). The minimum atomic E-state index is -0.464. The first-order valence-electron chi connectivity index (χ1n) is 5.86. The lowest BCUT2D eigenvalue weighted by molar-refractivity contribution is -0.152. The highest BCUT2D eigenvalue weighted by atomic mass is 16.5. The number of nitrogens with two attached hydrogens (primary N) is 1. The van der Waals surface area contributed by atoms with Gasteiger partial charge in [-0.25, -0.2) is 0 Å². The van der Waals surface area contributed by atoms with E-state index < -0.39 is 6.10 Å². The van der Waals surface area contributed by atoms with Crippen LogP contribution in [0.5, 0.6) is 0 Å². The van der Waals surface area contributed by atoms with Crippen LogP contribution in [0.3, 0.4) is 0 Å². The molecule has 2 N–H and O–H groups in total. The Bertz CT molecular complexity index is 389. The Hall–Kier alpha value is -1.39. The Morgan fingerprint density at radius 2 is 2.12 bits per heavy atom. The van der Waals surface area contributed by atoms with E-state index in [9.17, 15) is 4.79 Å². The summed E-state index contributed by atoms with van der Waals surface area (Å²) in [5.41, 5.74) is 7.86. The van der Waals surface area contributed by atoms with Gasteiger partial charge in [-0.1, -0.05) is 29.8 Å². The van der Waals surface area contributed by atoms with Gasteiger partial charge in [-0.3, -0.25) is 4.79 Å². The first kappa shape index (κ1) is 12.1. The second-order valence-corrected chi connectivity index (χ2v) is 4.34. The molecule has 0 aromatic heterocycles. The molecule has 0 bridgehead atoms. The van der Waals surface area contributed by atoms with Crippen molar-refractivity contribution in [1.82, 2.24) is 4.90 Å². The van der Waals surface area contributed by atoms with Gasteiger partial charge in [0.25, 0.3) is 5.91 Å². The normalized spacial score (nSPS) is 20.7. The predicted octanol–water partition coefficient (Wildman–Crippen LogP) is 0.681. The maximum absolute atomic E-state index is 11.9. The summed E-state index contributed by atoms with van der Waals surface area (Å²) < 4.78 is 5.31. The van der Waals surface area contributed by atoms with Crippen LogP contribution in [0.1, 0.15) is 11.1 Å². The molecular formula is C13H18N2O2. The van der Waals surface area contributed by atoms with Gasteiger partial charge < -0.3 is 15.4 Å². The number of hydrogen-bond acceptors (Lipinski definition) is 3. The standard InChI is InChI=1S/C13H18N2O2/c1-10-2-4-11(5-3-10)9-15-6-7-17-12(8-14)13(15)16/h2-5,12H,6-9,14H2,1H3. The zero-order valence-electron chi connectivity index (χ0n) is 10.1. The lowest BCUT2D eigenvalue weighted by Gasteiger charge is -2.31. The van der Waals surface area contributed by atoms with Crippen LogP contribution in [0.4, 0.5) is 0 Å². The van der Waals surface area contributed by atoms with E-state index in [2.05, 4.69) is 24.3 Å². The summed E-state index contributed by atoms with van der Waals surface area (Å²) in [4.78, 5) is 13.8. The fraction of sp³-hybridized carbons (Fsp3) is 0.462. The summed E-state index contributed by atoms with van der Waals surface area (Å²) >= 11 is 0. The van der Waals surface area contributed by atoms with Crippen LogP contribution in [0, 0.1) is 6.92 Å². The van der Waals surface area contributed by atoms with Crippen molar-refractivity contribution in [2.45, 2.75) is 19.6 Å². The monoisotopic (exact) mass is 234 g/mol. The lowest BCUT2D eigenvalue weighted by Crippen LogP contribution is -2.50. The smallest absolute Gasteiger partial charge is 0.253 e. The average molecular weight is 234 g/mol. The van der Waals surface area contributed by atoms with Crippen molar-refractivity contribution in [3.63, 3.8) is 0 Å². The minimum Gasteiger partial charge on any atom is -0.365 e. The minimum absolute atomic E-state index is 0.000625. The van der Waals surface area contributed by atoms with Crippen LogP contribution in [0.25, 0.3) is 0 Å². The van der Waals surface area contributed by atoms with Crippen LogP contribution >= 0.6 is 0 Å². The number of hydrogen-bond donors (Lipinski definition) is 1. The zero-order chi connectivity index (χ0) is 12.3. The Labute approximate surface area is 101 Å². The molecule has 0 spiro atoms. The van der Waals surface area contributed by atoms with Gasteiger partial charge in [0, 0.05) is 19.6 Å². The van der Waals surface area contributed by atoms with Crippen molar-refractivity contribution in [1.29, 1.82) is 0 Å². The molecule has 17 heavy (non-hydrogen) atoms. The van der Waals surface area contributed by atoms with Gasteiger partial charge in [0.05, 0.1) is 6.61 Å². The average Bonchev–Trinajstić information content (AvgIpc) is 2.35. The van der Waals surface area contributed by atoms with Gasteiger partial charge in [-0.15, -0.1) is 0 Å². The molecule has 4 heteroatoms. The molecule has 1 saturated heterocycles. The van der Waals surface area contributed by atoms with Crippen molar-refractivity contribution >= 4 is 5.91 Å². The molecule has 0 aliphatic carbocycles. The largest absolute Gasteiger partial charge is 0.365 e. The van der Waals surface area contributed by atoms with Crippen LogP contribution in [-0.4, -0.2) is 36.6 Å². The highest BCUT2D eigenvalue weighted by molar-refractivity contribution is 5.81. The maximum atomic E-state index is 11.9. The summed E-state index contributed by atoms with van der Waals surface area (Å²) in [6.07, 6.45) is -0.464. The second kappa shape index (κ2) is 5.29. The van der Waals surface area contributed by atoms with Gasteiger partial charge in [-0.05, 0) is 12.5 Å². The third kappa shape index (κ3) is 2.84. The molecule has 92 valence electrons. The molecule has 1 atom stereocenters. The highest BCUT2D eigenvalue weighted by Crippen LogP contribution is 2.12. The fourth-order valence-electron chi connectivity index (χ4n) is 1.93. The van der Waals surface area contributed by atoms with Gasteiger partial charge >= 0.3 is 0 Å². The van der Waals surface area contributed by atoms with E-state index in [0.29, 0.717) is 19.7 Å². The highest BCUT2D eigenvalue weighted by Gasteiger charge is 2.28. The number of morpholine rings is 1. The van der Waals surface area contributed by atoms with E-state index in [0.717, 1.165) is 5.56 Å². The molecule has 4 nitrogen and oxygen atoms in total. The van der Waals surface area contributed by atoms with Crippen molar-refractivity contribution < 1.29 is 9.53 Å². The molecule has 1 aliphatic rings. The van der Waals surface area contributed by atoms with Crippen LogP contribution in [0.2, 0.25) is 0 Å². The van der Waals surface area contributed by atoms with Crippen LogP contribution < -0.4 is 5.73 Å². The molecule has 1 amide bonds. The van der Waals surface area contributed by atoms with E-state index in [1.54, 1.807) is 0 Å². The van der Waals surface area contributed by atoms with Crippen molar-refractivity contribution in [3.8, 4) is 0 Å². The van der Waals surface area contributed by atoms with E-state index in [4.69, 9.17) is 10.5 Å². The molecule has 0 saturated carbocycles. The molecule has 1 unspecified atom stereocenters. The molecule has 1 heterocycles. The lowest BCUT2D eigenvalue weighted by atomic mass is 10.1. The number of amides is 1.